The number of Topliss-reactive ketones (excluding diaryl/α,β-unsaturated/α-hetero) is 2. The summed E-state index contributed by atoms with van der Waals surface area (Å²) in [7, 11) is 1.70. The molecule has 11 aromatic rings. The molecule has 105 heavy (non-hydrogen) atoms. The van der Waals surface area contributed by atoms with E-state index in [9.17, 15) is 9.59 Å². The van der Waals surface area contributed by atoms with Gasteiger partial charge in [0.25, 0.3) is 0 Å². The molecule has 0 spiro atoms. The Balaban J connectivity index is 0.000000327. The lowest BCUT2D eigenvalue weighted by Gasteiger charge is -2.38. The smallest absolute Gasteiger partial charge is 0.178 e. The fraction of sp³-hybridized carbons (Fsp3) is 0.327. The van der Waals surface area contributed by atoms with Crippen LogP contribution >= 0.6 is 0 Å². The summed E-state index contributed by atoms with van der Waals surface area (Å²) >= 11 is 0. The summed E-state index contributed by atoms with van der Waals surface area (Å²) in [6, 6.07) is 81.2. The van der Waals surface area contributed by atoms with Gasteiger partial charge in [-0.3, -0.25) is 9.59 Å². The number of aryl methyl sites for hydroxylation is 3. The molecule has 1 unspecified atom stereocenters. The lowest BCUT2D eigenvalue weighted by Crippen LogP contribution is -2.35. The van der Waals surface area contributed by atoms with Gasteiger partial charge in [-0.05, 0) is 234 Å². The zero-order valence-corrected chi connectivity index (χ0v) is 63.7. The normalized spacial score (nSPS) is 18.4. The van der Waals surface area contributed by atoms with Gasteiger partial charge in [0.15, 0.2) is 11.4 Å². The van der Waals surface area contributed by atoms with E-state index in [4.69, 9.17) is 9.47 Å². The molecule has 0 N–H and O–H groups in total. The number of carbonyl (C=O) groups is 2. The highest BCUT2D eigenvalue weighted by atomic mass is 16.5. The van der Waals surface area contributed by atoms with Gasteiger partial charge in [0.1, 0.15) is 17.3 Å². The average Bonchev–Trinajstić information content (AvgIpc) is 1.54. The van der Waals surface area contributed by atoms with Crippen molar-refractivity contribution in [3.8, 4) is 67.1 Å². The van der Waals surface area contributed by atoms with Gasteiger partial charge in [-0.25, -0.2) is 0 Å². The standard InChI is InChI=1S/C77H74O4.C24H32/c1-8-9-10-11-52-15-21-55(22-16-52)56-27-29-57(30-28-56)58-31-33-61(34-32-58)71(79)46-54-17-23-59(24-18-54)62-47-68(60-25-19-53(20-26-60)45-51(4)78)73-70(48-62)72-66-41-14-50(3)44-69(66)75-67(74(72)76(73,5)6)42-43-77(81-75,63-35-12-49(2)13-36-63)64-37-39-65(80-7)40-38-64;1-3-4-5-6-20-9-13-22(14-10-20)24-17-15-23(16-18-24)21-11-7-19(2)8-12-21/h12-14,17-20,23-44,47-48,52,55H,8-11,15-16,21-22,45-46H2,1-7H3;7-8,11-12,15-18,20,22H,3-6,9-10,13-14H2,1-2H3. The van der Waals surface area contributed by atoms with Gasteiger partial charge in [0.05, 0.1) is 7.11 Å². The third-order valence-electron chi connectivity index (χ3n) is 24.0. The van der Waals surface area contributed by atoms with E-state index in [0.29, 0.717) is 18.8 Å². The van der Waals surface area contributed by atoms with Gasteiger partial charge < -0.3 is 9.47 Å². The van der Waals surface area contributed by atoms with Crippen LogP contribution in [0.1, 0.15) is 226 Å². The fourth-order valence-electron chi connectivity index (χ4n) is 18.0. The Kier molecular flexibility index (Phi) is 22.0. The molecule has 0 aromatic heterocycles. The van der Waals surface area contributed by atoms with Crippen LogP contribution in [0.25, 0.3) is 72.5 Å². The van der Waals surface area contributed by atoms with E-state index in [1.54, 1.807) is 19.6 Å². The molecule has 534 valence electrons. The van der Waals surface area contributed by atoms with Crippen molar-refractivity contribution >= 4 is 28.4 Å². The van der Waals surface area contributed by atoms with Crippen LogP contribution in [0.15, 0.2) is 231 Å². The van der Waals surface area contributed by atoms with Crippen LogP contribution in [-0.2, 0) is 28.7 Å². The van der Waals surface area contributed by atoms with E-state index in [0.717, 1.165) is 107 Å². The van der Waals surface area contributed by atoms with Crippen molar-refractivity contribution in [3.05, 3.63) is 303 Å². The zero-order valence-electron chi connectivity index (χ0n) is 63.7. The molecule has 1 aliphatic heterocycles. The van der Waals surface area contributed by atoms with Gasteiger partial charge in [-0.2, -0.15) is 0 Å². The van der Waals surface area contributed by atoms with Crippen LogP contribution in [0.4, 0.5) is 0 Å². The number of ether oxygens (including phenoxy) is 2. The van der Waals surface area contributed by atoms with E-state index in [-0.39, 0.29) is 11.6 Å². The van der Waals surface area contributed by atoms with Gasteiger partial charge in [-0.15, -0.1) is 0 Å². The summed E-state index contributed by atoms with van der Waals surface area (Å²) in [6.07, 6.45) is 27.4. The van der Waals surface area contributed by atoms with Crippen molar-refractivity contribution < 1.29 is 19.1 Å². The Morgan fingerprint density at radius 1 is 0.448 bits per heavy atom. The Morgan fingerprint density at radius 2 is 0.895 bits per heavy atom. The first kappa shape index (κ1) is 72.3. The first-order chi connectivity index (χ1) is 51.1. The van der Waals surface area contributed by atoms with E-state index in [2.05, 4.69) is 261 Å². The second-order valence-electron chi connectivity index (χ2n) is 31.9. The Bertz CT molecular complexity index is 4860. The lowest BCUT2D eigenvalue weighted by atomic mass is 9.75. The molecular formula is C101H106O4. The second-order valence-corrected chi connectivity index (χ2v) is 31.9. The van der Waals surface area contributed by atoms with E-state index in [1.807, 2.05) is 24.3 Å². The molecule has 15 rings (SSSR count). The number of methoxy groups -OCH3 is 1. The second kappa shape index (κ2) is 32.0. The number of rotatable bonds is 22. The van der Waals surface area contributed by atoms with E-state index >= 15 is 0 Å². The van der Waals surface area contributed by atoms with Crippen LogP contribution in [-0.4, -0.2) is 18.7 Å². The maximum absolute atomic E-state index is 13.9. The van der Waals surface area contributed by atoms with Gasteiger partial charge in [-0.1, -0.05) is 296 Å². The summed E-state index contributed by atoms with van der Waals surface area (Å²) in [5.41, 5.74) is 25.5. The van der Waals surface area contributed by atoms with Crippen molar-refractivity contribution in [2.75, 3.05) is 7.11 Å². The Hall–Kier alpha value is -9.64. The first-order valence-corrected chi connectivity index (χ1v) is 39.5. The Morgan fingerprint density at radius 3 is 1.41 bits per heavy atom. The molecule has 2 fully saturated rings. The number of ketones is 2. The molecule has 0 saturated heterocycles. The minimum Gasteiger partial charge on any atom is -0.497 e. The highest BCUT2D eigenvalue weighted by Gasteiger charge is 2.46. The average molecular weight is 1380 g/mol. The van der Waals surface area contributed by atoms with Crippen LogP contribution in [0.3, 0.4) is 0 Å². The minimum atomic E-state index is -0.909. The highest BCUT2D eigenvalue weighted by molar-refractivity contribution is 6.10. The summed E-state index contributed by atoms with van der Waals surface area (Å²) in [5.74, 6) is 5.27. The van der Waals surface area contributed by atoms with Gasteiger partial charge >= 0.3 is 0 Å². The van der Waals surface area contributed by atoms with Crippen molar-refractivity contribution in [1.82, 2.24) is 0 Å². The van der Waals surface area contributed by atoms with Gasteiger partial charge in [0, 0.05) is 45.9 Å². The summed E-state index contributed by atoms with van der Waals surface area (Å²) < 4.78 is 13.3. The molecule has 1 heterocycles. The number of hydrogen-bond donors (Lipinski definition) is 0. The monoisotopic (exact) mass is 1380 g/mol. The minimum absolute atomic E-state index is 0.102. The predicted molar refractivity (Wildman–Crippen MR) is 440 cm³/mol. The third kappa shape index (κ3) is 15.7. The third-order valence-corrected chi connectivity index (χ3v) is 24.0. The zero-order chi connectivity index (χ0) is 72.8. The van der Waals surface area contributed by atoms with Crippen LogP contribution in [0.2, 0.25) is 0 Å². The topological polar surface area (TPSA) is 52.6 Å². The maximum atomic E-state index is 13.9. The highest BCUT2D eigenvalue weighted by Crippen LogP contribution is 2.61. The summed E-state index contributed by atoms with van der Waals surface area (Å²) in [4.78, 5) is 26.2. The van der Waals surface area contributed by atoms with Gasteiger partial charge in [0.2, 0.25) is 0 Å². The fourth-order valence-corrected chi connectivity index (χ4v) is 18.0. The number of hydrogen-bond acceptors (Lipinski definition) is 4. The molecule has 11 aromatic carbocycles. The van der Waals surface area contributed by atoms with Crippen LogP contribution < -0.4 is 9.47 Å². The first-order valence-electron chi connectivity index (χ1n) is 39.5. The van der Waals surface area contributed by atoms with Crippen molar-refractivity contribution in [2.24, 2.45) is 11.8 Å². The van der Waals surface area contributed by atoms with Crippen molar-refractivity contribution in [2.45, 2.75) is 194 Å². The number of carbonyl (C=O) groups excluding carboxylic acids is 2. The summed E-state index contributed by atoms with van der Waals surface area (Å²) in [6.45, 7) is 17.4. The molecule has 4 heteroatoms. The van der Waals surface area contributed by atoms with E-state index in [1.165, 1.54) is 158 Å². The molecule has 0 radical (unpaired) electrons. The van der Waals surface area contributed by atoms with Crippen molar-refractivity contribution in [1.29, 1.82) is 0 Å². The molecule has 2 saturated carbocycles. The number of fused-ring (bicyclic) bond motifs is 8. The van der Waals surface area contributed by atoms with Crippen LogP contribution in [0, 0.1) is 32.6 Å². The molecule has 4 nitrogen and oxygen atoms in total. The molecule has 4 aliphatic rings. The summed E-state index contributed by atoms with van der Waals surface area (Å²) in [5, 5.41) is 2.21. The van der Waals surface area contributed by atoms with Crippen molar-refractivity contribution in [3.63, 3.8) is 0 Å². The molecule has 0 bridgehead atoms. The quantitative estimate of drug-likeness (QED) is 0.0501. The number of benzene rings is 11. The van der Waals surface area contributed by atoms with E-state index < -0.39 is 11.0 Å². The predicted octanol–water partition coefficient (Wildman–Crippen LogP) is 27.0. The molecule has 1 atom stereocenters. The Labute approximate surface area is 626 Å². The maximum Gasteiger partial charge on any atom is 0.178 e. The molecular weight excluding hydrogens is 1280 g/mol. The number of unbranched alkanes of at least 4 members (excludes halogenated alkanes) is 4. The molecule has 0 amide bonds. The molecule has 3 aliphatic carbocycles. The van der Waals surface area contributed by atoms with Crippen LogP contribution in [0.5, 0.6) is 11.5 Å². The lowest BCUT2D eigenvalue weighted by molar-refractivity contribution is -0.116. The largest absolute Gasteiger partial charge is 0.497 e. The SMILES string of the molecule is CCCCCC1CCC(c2ccc(-c3ccc(C(=O)Cc4ccc(-c5cc(-c6ccc(CC(C)=O)cc6)c6c(c5)-c5c(c7c(c8cc(C)ccc58)OC(c5ccc(C)cc5)(c5ccc(OC)cc5)C=C7)C6(C)C)cc4)cc3)cc2)CC1.CCCCCC1CCC(c2ccc(-c3ccc(C)cc3)cc2)CC1.